The second-order valence-corrected chi connectivity index (χ2v) is 4.04. The lowest BCUT2D eigenvalue weighted by Crippen LogP contribution is -2.21. The van der Waals surface area contributed by atoms with Crippen LogP contribution < -0.4 is 11.2 Å². The molecule has 0 unspecified atom stereocenters. The van der Waals surface area contributed by atoms with Gasteiger partial charge in [0.15, 0.2) is 0 Å². The second kappa shape index (κ2) is 5.50. The lowest BCUT2D eigenvalue weighted by Gasteiger charge is -2.02. The summed E-state index contributed by atoms with van der Waals surface area (Å²) in [5.41, 5.74) is 4.74. The van der Waals surface area contributed by atoms with Crippen LogP contribution in [-0.2, 0) is 16.1 Å². The van der Waals surface area contributed by atoms with E-state index >= 15 is 0 Å². The maximum atomic E-state index is 11.2. The summed E-state index contributed by atoms with van der Waals surface area (Å²) in [5.74, 6) is -0.131. The van der Waals surface area contributed by atoms with Crippen LogP contribution in [0.5, 0.6) is 0 Å². The number of nitrogens with one attached hydrogen (secondary N) is 3. The Balaban J connectivity index is 1.95. The van der Waals surface area contributed by atoms with Gasteiger partial charge in [0.2, 0.25) is 5.91 Å². The largest absolute Gasteiger partial charge is 0.323 e. The van der Waals surface area contributed by atoms with Gasteiger partial charge in [-0.25, -0.2) is 10.3 Å². The molecule has 6 nitrogen and oxygen atoms in total. The summed E-state index contributed by atoms with van der Waals surface area (Å²) in [4.78, 5) is 32.2. The van der Waals surface area contributed by atoms with Crippen molar-refractivity contribution in [1.29, 1.82) is 0 Å². The van der Waals surface area contributed by atoms with Crippen LogP contribution in [0.2, 0.25) is 0 Å². The fourth-order valence-corrected chi connectivity index (χ4v) is 1.85. The molecule has 2 rings (SSSR count). The molecule has 96 valence electrons. The van der Waals surface area contributed by atoms with E-state index in [1.807, 2.05) is 18.2 Å². The zero-order valence-electron chi connectivity index (χ0n) is 10.1. The monoisotopic (exact) mass is 249 g/mol. The normalized spacial score (nSPS) is 10.7. The Kier molecular flexibility index (Phi) is 3.78. The molecular weight excluding hydrogens is 234 g/mol. The third kappa shape index (κ3) is 2.98. The molecule has 18 heavy (non-hydrogen) atoms. The van der Waals surface area contributed by atoms with Crippen molar-refractivity contribution in [1.82, 2.24) is 15.4 Å². The molecule has 0 bridgehead atoms. The Bertz CT molecular complexity index is 600. The Morgan fingerprint density at radius 3 is 2.89 bits per heavy atom. The molecule has 1 heterocycles. The van der Waals surface area contributed by atoms with Crippen molar-refractivity contribution in [2.75, 3.05) is 7.11 Å². The first-order chi connectivity index (χ1) is 8.69. The molecule has 2 aromatic rings. The van der Waals surface area contributed by atoms with Gasteiger partial charge < -0.3 is 9.97 Å². The first-order valence-electron chi connectivity index (χ1n) is 5.72. The first-order valence-corrected chi connectivity index (χ1v) is 5.72. The molecule has 0 saturated carbocycles. The highest BCUT2D eigenvalue weighted by Crippen LogP contribution is 2.12. The van der Waals surface area contributed by atoms with Crippen LogP contribution in [0.25, 0.3) is 11.0 Å². The van der Waals surface area contributed by atoms with Crippen molar-refractivity contribution in [3.63, 3.8) is 0 Å². The number of hydrogen-bond donors (Lipinski definition) is 3. The van der Waals surface area contributed by atoms with Gasteiger partial charge in [0.25, 0.3) is 0 Å². The Hall–Kier alpha value is -2.08. The number of fused-ring (bicyclic) bond motifs is 1. The summed E-state index contributed by atoms with van der Waals surface area (Å²) in [6.07, 6.45) is 1.92. The summed E-state index contributed by atoms with van der Waals surface area (Å²) in [6.45, 7) is 0. The minimum Gasteiger partial charge on any atom is -0.306 e. The highest BCUT2D eigenvalue weighted by atomic mass is 16.6. The van der Waals surface area contributed by atoms with Crippen LogP contribution in [0.3, 0.4) is 0 Å². The van der Waals surface area contributed by atoms with Crippen LogP contribution in [0.4, 0.5) is 0 Å². The zero-order valence-corrected chi connectivity index (χ0v) is 10.1. The molecule has 1 aromatic heterocycles. The lowest BCUT2D eigenvalue weighted by molar-refractivity contribution is -0.131. The van der Waals surface area contributed by atoms with Gasteiger partial charge in [0.1, 0.15) is 0 Å². The Morgan fingerprint density at radius 1 is 1.33 bits per heavy atom. The van der Waals surface area contributed by atoms with E-state index in [0.717, 1.165) is 29.4 Å². The number of carbonyl (C=O) groups excluding carboxylic acids is 1. The molecule has 0 atom stereocenters. The predicted octanol–water partition coefficient (Wildman–Crippen LogP) is 0.856. The Labute approximate surface area is 103 Å². The molecule has 6 heteroatoms. The molecule has 1 amide bonds. The molecule has 0 spiro atoms. The fraction of sp³-hybridized carbons (Fsp3) is 0.333. The Morgan fingerprint density at radius 2 is 2.11 bits per heavy atom. The summed E-state index contributed by atoms with van der Waals surface area (Å²) in [5, 5.41) is 0. The van der Waals surface area contributed by atoms with Crippen molar-refractivity contribution in [3.8, 4) is 0 Å². The number of aromatic amines is 2. The number of hydrogen-bond acceptors (Lipinski definition) is 3. The van der Waals surface area contributed by atoms with Gasteiger partial charge in [-0.15, -0.1) is 0 Å². The molecule has 0 radical (unpaired) electrons. The van der Waals surface area contributed by atoms with Gasteiger partial charge in [-0.1, -0.05) is 6.07 Å². The molecule has 3 N–H and O–H groups in total. The quantitative estimate of drug-likeness (QED) is 0.687. The van der Waals surface area contributed by atoms with E-state index < -0.39 is 0 Å². The van der Waals surface area contributed by atoms with Crippen molar-refractivity contribution < 1.29 is 9.63 Å². The highest BCUT2D eigenvalue weighted by Gasteiger charge is 2.03. The number of rotatable bonds is 5. The summed E-state index contributed by atoms with van der Waals surface area (Å²) in [7, 11) is 1.41. The van der Waals surface area contributed by atoms with Crippen LogP contribution in [0, 0.1) is 0 Å². The maximum absolute atomic E-state index is 11.2. The number of aryl methyl sites for hydroxylation is 1. The number of H-pyrrole nitrogens is 2. The average molecular weight is 249 g/mol. The minimum absolute atomic E-state index is 0.131. The number of carbonyl (C=O) groups is 1. The average Bonchev–Trinajstić information content (AvgIpc) is 2.69. The molecule has 0 aliphatic rings. The molecule has 1 aromatic carbocycles. The van der Waals surface area contributed by atoms with Gasteiger partial charge in [-0.2, -0.15) is 0 Å². The number of amides is 1. The standard InChI is InChI=1S/C12H15N3O3/c1-18-15-11(16)4-2-3-8-5-6-9-10(7-8)14-12(17)13-9/h5-7H,2-4H2,1H3,(H,15,16)(H2,13,14,17). The van der Waals surface area contributed by atoms with E-state index in [1.54, 1.807) is 0 Å². The zero-order chi connectivity index (χ0) is 13.0. The van der Waals surface area contributed by atoms with Crippen LogP contribution in [0.15, 0.2) is 23.0 Å². The van der Waals surface area contributed by atoms with Crippen molar-refractivity contribution in [3.05, 3.63) is 34.2 Å². The van der Waals surface area contributed by atoms with Crippen LogP contribution in [0.1, 0.15) is 18.4 Å². The molecular formula is C12H15N3O3. The topological polar surface area (TPSA) is 87.0 Å². The molecule has 0 aliphatic heterocycles. The number of benzene rings is 1. The van der Waals surface area contributed by atoms with E-state index in [1.165, 1.54) is 7.11 Å². The summed E-state index contributed by atoms with van der Waals surface area (Å²) >= 11 is 0. The lowest BCUT2D eigenvalue weighted by atomic mass is 10.1. The van der Waals surface area contributed by atoms with Crippen LogP contribution >= 0.6 is 0 Å². The maximum Gasteiger partial charge on any atom is 0.323 e. The van der Waals surface area contributed by atoms with E-state index in [2.05, 4.69) is 20.3 Å². The van der Waals surface area contributed by atoms with E-state index in [-0.39, 0.29) is 11.6 Å². The third-order valence-corrected chi connectivity index (χ3v) is 2.67. The molecule has 0 aliphatic carbocycles. The summed E-state index contributed by atoms with van der Waals surface area (Å²) in [6, 6.07) is 5.72. The highest BCUT2D eigenvalue weighted by molar-refractivity contribution is 5.75. The van der Waals surface area contributed by atoms with Gasteiger partial charge in [0, 0.05) is 6.42 Å². The van der Waals surface area contributed by atoms with Crippen molar-refractivity contribution in [2.45, 2.75) is 19.3 Å². The number of aromatic nitrogens is 2. The fourth-order valence-electron chi connectivity index (χ4n) is 1.85. The van der Waals surface area contributed by atoms with Crippen molar-refractivity contribution >= 4 is 16.9 Å². The van der Waals surface area contributed by atoms with E-state index in [0.29, 0.717) is 6.42 Å². The van der Waals surface area contributed by atoms with Crippen molar-refractivity contribution in [2.24, 2.45) is 0 Å². The van der Waals surface area contributed by atoms with E-state index in [4.69, 9.17) is 0 Å². The second-order valence-electron chi connectivity index (χ2n) is 4.04. The molecule has 0 fully saturated rings. The van der Waals surface area contributed by atoms with Gasteiger partial charge in [-0.05, 0) is 30.5 Å². The van der Waals surface area contributed by atoms with Gasteiger partial charge in [0.05, 0.1) is 18.1 Å². The molecule has 0 saturated heterocycles. The minimum atomic E-state index is -0.207. The number of imidazole rings is 1. The first kappa shape index (κ1) is 12.4. The van der Waals surface area contributed by atoms with Gasteiger partial charge >= 0.3 is 5.69 Å². The van der Waals surface area contributed by atoms with E-state index in [9.17, 15) is 9.59 Å². The smallest absolute Gasteiger partial charge is 0.306 e. The number of hydroxylamine groups is 1. The third-order valence-electron chi connectivity index (χ3n) is 2.67. The SMILES string of the molecule is CONC(=O)CCCc1ccc2[nH]c(=O)[nH]c2c1. The van der Waals surface area contributed by atoms with Gasteiger partial charge in [-0.3, -0.25) is 9.63 Å². The summed E-state index contributed by atoms with van der Waals surface area (Å²) < 4.78 is 0. The van der Waals surface area contributed by atoms with Crippen LogP contribution in [-0.4, -0.2) is 23.0 Å². The predicted molar refractivity (Wildman–Crippen MR) is 67.0 cm³/mol.